The number of carbonyl (C=O) groups excluding carboxylic acids is 1. The Labute approximate surface area is 162 Å². The molecule has 1 aliphatic carbocycles. The van der Waals surface area contributed by atoms with E-state index in [4.69, 9.17) is 16.3 Å². The fourth-order valence-electron chi connectivity index (χ4n) is 3.20. The van der Waals surface area contributed by atoms with Crippen LogP contribution in [0.15, 0.2) is 48.5 Å². The minimum Gasteiger partial charge on any atom is -0.480 e. The molecule has 0 saturated heterocycles. The number of alkyl carbamates (subject to hydrolysis) is 1. The molecular formula is C21H18ClNO4. The summed E-state index contributed by atoms with van der Waals surface area (Å²) in [6.45, 7) is 0.125. The van der Waals surface area contributed by atoms with Crippen molar-refractivity contribution < 1.29 is 19.4 Å². The van der Waals surface area contributed by atoms with Crippen LogP contribution in [0.3, 0.4) is 0 Å². The summed E-state index contributed by atoms with van der Waals surface area (Å²) in [5, 5.41) is 11.5. The number of aliphatic carboxylic acids is 1. The van der Waals surface area contributed by atoms with Crippen molar-refractivity contribution in [2.45, 2.75) is 18.4 Å². The first-order valence-corrected chi connectivity index (χ1v) is 9.01. The Hall–Kier alpha value is -2.97. The molecule has 2 aromatic carbocycles. The molecular weight excluding hydrogens is 366 g/mol. The van der Waals surface area contributed by atoms with Gasteiger partial charge < -0.3 is 15.2 Å². The molecule has 0 aliphatic heterocycles. The zero-order valence-corrected chi connectivity index (χ0v) is 15.2. The van der Waals surface area contributed by atoms with Crippen LogP contribution >= 0.6 is 11.6 Å². The Morgan fingerprint density at radius 2 is 1.67 bits per heavy atom. The van der Waals surface area contributed by atoms with E-state index in [0.717, 1.165) is 22.3 Å². The van der Waals surface area contributed by atoms with Crippen molar-refractivity contribution in [3.8, 4) is 23.0 Å². The van der Waals surface area contributed by atoms with Gasteiger partial charge in [0.1, 0.15) is 12.6 Å². The van der Waals surface area contributed by atoms with E-state index in [1.165, 1.54) is 0 Å². The summed E-state index contributed by atoms with van der Waals surface area (Å²) in [5.41, 5.74) is 4.44. The van der Waals surface area contributed by atoms with Crippen molar-refractivity contribution in [1.29, 1.82) is 0 Å². The maximum Gasteiger partial charge on any atom is 0.407 e. The van der Waals surface area contributed by atoms with Crippen LogP contribution in [-0.2, 0) is 9.53 Å². The summed E-state index contributed by atoms with van der Waals surface area (Å²) >= 11 is 5.44. The van der Waals surface area contributed by atoms with E-state index in [1.54, 1.807) is 0 Å². The highest BCUT2D eigenvalue weighted by Gasteiger charge is 2.29. The van der Waals surface area contributed by atoms with Crippen molar-refractivity contribution in [1.82, 2.24) is 5.32 Å². The molecule has 0 heterocycles. The predicted octanol–water partition coefficient (Wildman–Crippen LogP) is 3.61. The lowest BCUT2D eigenvalue weighted by atomic mass is 9.98. The van der Waals surface area contributed by atoms with Crippen LogP contribution in [0.5, 0.6) is 0 Å². The number of benzene rings is 2. The second kappa shape index (κ2) is 8.61. The van der Waals surface area contributed by atoms with Crippen molar-refractivity contribution >= 4 is 23.7 Å². The molecule has 0 bridgehead atoms. The first kappa shape index (κ1) is 18.8. The van der Waals surface area contributed by atoms with E-state index in [2.05, 4.69) is 17.2 Å². The Bertz CT molecular complexity index is 870. The van der Waals surface area contributed by atoms with Gasteiger partial charge in [0.2, 0.25) is 0 Å². The average molecular weight is 384 g/mol. The molecule has 5 nitrogen and oxygen atoms in total. The number of amides is 1. The highest BCUT2D eigenvalue weighted by atomic mass is 35.5. The standard InChI is InChI=1S/C21H18ClNO4/c22-12-6-5-11-19(20(24)25)23-21(26)27-13-18-16-9-3-1-7-14(16)15-8-2-4-10-17(15)18/h1-4,7-10,18-19H,11-13H2,(H,23,26)(H,24,25)/t19-/m0/s1. The van der Waals surface area contributed by atoms with Crippen LogP contribution in [0, 0.1) is 11.8 Å². The molecule has 6 heteroatoms. The molecule has 0 fully saturated rings. The summed E-state index contributed by atoms with van der Waals surface area (Å²) in [4.78, 5) is 23.3. The van der Waals surface area contributed by atoms with Crippen LogP contribution in [0.2, 0.25) is 0 Å². The zero-order chi connectivity index (χ0) is 19.2. The van der Waals surface area contributed by atoms with Crippen LogP contribution in [0.1, 0.15) is 23.5 Å². The van der Waals surface area contributed by atoms with Crippen molar-refractivity contribution in [3.63, 3.8) is 0 Å². The van der Waals surface area contributed by atoms with Gasteiger partial charge in [-0.2, -0.15) is 0 Å². The third-order valence-corrected chi connectivity index (χ3v) is 4.57. The molecule has 2 aromatic rings. The first-order valence-electron chi connectivity index (χ1n) is 8.47. The van der Waals surface area contributed by atoms with Gasteiger partial charge in [0.25, 0.3) is 0 Å². The molecule has 0 saturated carbocycles. The smallest absolute Gasteiger partial charge is 0.407 e. The van der Waals surface area contributed by atoms with Crippen molar-refractivity contribution in [3.05, 3.63) is 59.7 Å². The van der Waals surface area contributed by atoms with Gasteiger partial charge in [0.05, 0.1) is 5.88 Å². The molecule has 1 aliphatic rings. The molecule has 3 rings (SSSR count). The molecule has 1 amide bonds. The minimum atomic E-state index is -1.17. The van der Waals surface area contributed by atoms with Gasteiger partial charge in [0.15, 0.2) is 0 Å². The van der Waals surface area contributed by atoms with E-state index in [-0.39, 0.29) is 24.8 Å². The van der Waals surface area contributed by atoms with Crippen molar-refractivity contribution in [2.24, 2.45) is 0 Å². The van der Waals surface area contributed by atoms with E-state index in [1.807, 2.05) is 48.5 Å². The first-order chi connectivity index (χ1) is 13.1. The topological polar surface area (TPSA) is 75.6 Å². The van der Waals surface area contributed by atoms with E-state index in [9.17, 15) is 14.7 Å². The number of hydrogen-bond donors (Lipinski definition) is 2. The highest BCUT2D eigenvalue weighted by Crippen LogP contribution is 2.44. The fourth-order valence-corrected chi connectivity index (χ4v) is 3.30. The second-order valence-corrected chi connectivity index (χ2v) is 6.32. The number of alkyl halides is 1. The lowest BCUT2D eigenvalue weighted by Crippen LogP contribution is -2.41. The summed E-state index contributed by atoms with van der Waals surface area (Å²) in [6.07, 6.45) is -0.816. The summed E-state index contributed by atoms with van der Waals surface area (Å²) in [5.74, 6) is 4.03. The number of carboxylic acid groups (broad SMARTS) is 1. The molecule has 1 atom stereocenters. The van der Waals surface area contributed by atoms with E-state index < -0.39 is 18.1 Å². The quantitative estimate of drug-likeness (QED) is 0.611. The van der Waals surface area contributed by atoms with Gasteiger partial charge >= 0.3 is 12.1 Å². The molecule has 0 aromatic heterocycles. The average Bonchev–Trinajstić information content (AvgIpc) is 2.99. The minimum absolute atomic E-state index is 0.0355. The van der Waals surface area contributed by atoms with Crippen LogP contribution in [0.4, 0.5) is 4.79 Å². The lowest BCUT2D eigenvalue weighted by molar-refractivity contribution is -0.139. The molecule has 0 radical (unpaired) electrons. The molecule has 2 N–H and O–H groups in total. The zero-order valence-electron chi connectivity index (χ0n) is 14.4. The third-order valence-electron chi connectivity index (χ3n) is 4.43. The van der Waals surface area contributed by atoms with Crippen LogP contribution in [-0.4, -0.2) is 35.7 Å². The largest absolute Gasteiger partial charge is 0.480 e. The fraction of sp³-hybridized carbons (Fsp3) is 0.238. The van der Waals surface area contributed by atoms with Gasteiger partial charge in [-0.05, 0) is 22.3 Å². The SMILES string of the molecule is O=C(N[C@@H](CC#CCCl)C(=O)O)OCC1c2ccccc2-c2ccccc21. The molecule has 138 valence electrons. The van der Waals surface area contributed by atoms with E-state index >= 15 is 0 Å². The van der Waals surface area contributed by atoms with Gasteiger partial charge in [-0.3, -0.25) is 0 Å². The number of ether oxygens (including phenoxy) is 1. The normalized spacial score (nSPS) is 12.9. The van der Waals surface area contributed by atoms with E-state index in [0.29, 0.717) is 0 Å². The maximum absolute atomic E-state index is 12.1. The second-order valence-electron chi connectivity index (χ2n) is 6.05. The monoisotopic (exact) mass is 383 g/mol. The van der Waals surface area contributed by atoms with Gasteiger partial charge in [-0.1, -0.05) is 60.4 Å². The molecule has 27 heavy (non-hydrogen) atoms. The Morgan fingerprint density at radius 3 is 2.22 bits per heavy atom. The number of carbonyl (C=O) groups is 2. The number of carboxylic acids is 1. The van der Waals surface area contributed by atoms with Gasteiger partial charge in [-0.15, -0.1) is 11.6 Å². The number of fused-ring (bicyclic) bond motifs is 3. The van der Waals surface area contributed by atoms with Crippen LogP contribution in [0.25, 0.3) is 11.1 Å². The van der Waals surface area contributed by atoms with Crippen molar-refractivity contribution in [2.75, 3.05) is 12.5 Å². The highest BCUT2D eigenvalue weighted by molar-refractivity contribution is 6.19. The summed E-state index contributed by atoms with van der Waals surface area (Å²) in [7, 11) is 0. The van der Waals surface area contributed by atoms with Gasteiger partial charge in [0, 0.05) is 12.3 Å². The van der Waals surface area contributed by atoms with Gasteiger partial charge in [-0.25, -0.2) is 9.59 Å². The number of rotatable bonds is 5. The summed E-state index contributed by atoms with van der Waals surface area (Å²) < 4.78 is 5.34. The Kier molecular flexibility index (Phi) is 6.00. The summed E-state index contributed by atoms with van der Waals surface area (Å²) in [6, 6.07) is 14.8. The third kappa shape index (κ3) is 4.24. The molecule has 0 spiro atoms. The Morgan fingerprint density at radius 1 is 1.07 bits per heavy atom. The maximum atomic E-state index is 12.1. The lowest BCUT2D eigenvalue weighted by Gasteiger charge is -2.16. The number of nitrogens with one attached hydrogen (secondary N) is 1. The number of hydrogen-bond acceptors (Lipinski definition) is 3. The molecule has 0 unspecified atom stereocenters. The Balaban J connectivity index is 1.67. The van der Waals surface area contributed by atoms with Crippen LogP contribution < -0.4 is 5.32 Å². The predicted molar refractivity (Wildman–Crippen MR) is 103 cm³/mol. The number of halogens is 1.